The molecule has 2 aliphatic heterocycles. The predicted molar refractivity (Wildman–Crippen MR) is 118 cm³/mol. The van der Waals surface area contributed by atoms with Gasteiger partial charge in [0.2, 0.25) is 5.91 Å². The minimum atomic E-state index is -0.0494. The summed E-state index contributed by atoms with van der Waals surface area (Å²) >= 11 is 0. The first-order valence-corrected chi connectivity index (χ1v) is 11.3. The van der Waals surface area contributed by atoms with Gasteiger partial charge in [-0.25, -0.2) is 0 Å². The fraction of sp³-hybridized carbons (Fsp3) is 0.542. The number of nitrogens with one attached hydrogen (secondary N) is 1. The van der Waals surface area contributed by atoms with Gasteiger partial charge in [0.15, 0.2) is 0 Å². The summed E-state index contributed by atoms with van der Waals surface area (Å²) in [6, 6.07) is 9.95. The van der Waals surface area contributed by atoms with E-state index in [1.807, 2.05) is 42.3 Å². The van der Waals surface area contributed by atoms with Crippen molar-refractivity contribution < 1.29 is 14.3 Å². The number of amides is 2. The number of aromatic nitrogens is 2. The number of likely N-dealkylation sites (tertiary alicyclic amines) is 1. The van der Waals surface area contributed by atoms with Crippen LogP contribution in [0.15, 0.2) is 36.5 Å². The van der Waals surface area contributed by atoms with Crippen LogP contribution in [-0.4, -0.2) is 64.7 Å². The van der Waals surface area contributed by atoms with Crippen LogP contribution in [0.2, 0.25) is 0 Å². The third kappa shape index (κ3) is 5.34. The van der Waals surface area contributed by atoms with E-state index in [0.717, 1.165) is 56.5 Å². The maximum atomic E-state index is 13.1. The molecule has 0 radical (unpaired) electrons. The number of aromatic amines is 1. The first-order valence-electron chi connectivity index (χ1n) is 11.3. The Hall–Kier alpha value is -2.67. The first-order chi connectivity index (χ1) is 15.1. The summed E-state index contributed by atoms with van der Waals surface area (Å²) in [5, 5.41) is 7.23. The van der Waals surface area contributed by atoms with E-state index in [0.29, 0.717) is 25.1 Å². The quantitative estimate of drug-likeness (QED) is 0.771. The minimum Gasteiger partial charge on any atom is -0.378 e. The van der Waals surface area contributed by atoms with E-state index < -0.39 is 0 Å². The topological polar surface area (TPSA) is 78.5 Å². The molecule has 2 amide bonds. The van der Waals surface area contributed by atoms with Crippen molar-refractivity contribution in [3.63, 3.8) is 0 Å². The third-order valence-corrected chi connectivity index (χ3v) is 6.37. The molecule has 1 aromatic heterocycles. The van der Waals surface area contributed by atoms with Gasteiger partial charge in [-0.05, 0) is 37.7 Å². The molecule has 166 valence electrons. The van der Waals surface area contributed by atoms with E-state index in [9.17, 15) is 9.59 Å². The van der Waals surface area contributed by atoms with E-state index in [1.165, 1.54) is 0 Å². The summed E-state index contributed by atoms with van der Waals surface area (Å²) < 4.78 is 5.75. The zero-order valence-corrected chi connectivity index (χ0v) is 18.3. The van der Waals surface area contributed by atoms with Crippen LogP contribution < -0.4 is 0 Å². The van der Waals surface area contributed by atoms with Gasteiger partial charge in [0.25, 0.3) is 5.91 Å². The van der Waals surface area contributed by atoms with Crippen LogP contribution >= 0.6 is 0 Å². The number of rotatable bonds is 6. The lowest BCUT2D eigenvalue weighted by molar-refractivity contribution is -0.136. The van der Waals surface area contributed by atoms with Gasteiger partial charge in [0.1, 0.15) is 0 Å². The number of carbonyl (C=O) groups excluding carboxylic acids is 2. The summed E-state index contributed by atoms with van der Waals surface area (Å²) in [6.45, 7) is 2.70. The molecule has 31 heavy (non-hydrogen) atoms. The van der Waals surface area contributed by atoms with Gasteiger partial charge in [-0.15, -0.1) is 0 Å². The molecule has 0 aliphatic carbocycles. The van der Waals surface area contributed by atoms with Gasteiger partial charge in [-0.3, -0.25) is 14.7 Å². The first kappa shape index (κ1) is 21.6. The Morgan fingerprint density at radius 3 is 2.81 bits per heavy atom. The van der Waals surface area contributed by atoms with E-state index in [2.05, 4.69) is 10.2 Å². The number of piperidine rings is 1. The van der Waals surface area contributed by atoms with Gasteiger partial charge in [-0.1, -0.05) is 30.3 Å². The van der Waals surface area contributed by atoms with Crippen molar-refractivity contribution in [1.29, 1.82) is 0 Å². The second kappa shape index (κ2) is 10.1. The van der Waals surface area contributed by atoms with Crippen LogP contribution in [0.1, 0.15) is 66.1 Å². The van der Waals surface area contributed by atoms with Crippen LogP contribution in [0, 0.1) is 0 Å². The summed E-state index contributed by atoms with van der Waals surface area (Å²) in [5.41, 5.74) is 2.53. The zero-order valence-electron chi connectivity index (χ0n) is 18.3. The Morgan fingerprint density at radius 1 is 1.19 bits per heavy atom. The molecule has 1 aromatic carbocycles. The molecule has 2 fully saturated rings. The zero-order chi connectivity index (χ0) is 21.6. The number of H-pyrrole nitrogens is 1. The number of carbonyl (C=O) groups is 2. The average Bonchev–Trinajstić information content (AvgIpc) is 3.30. The van der Waals surface area contributed by atoms with Crippen molar-refractivity contribution >= 4 is 11.8 Å². The molecule has 0 spiro atoms. The lowest BCUT2D eigenvalue weighted by atomic mass is 9.91. The van der Waals surface area contributed by atoms with Gasteiger partial charge in [0.05, 0.1) is 30.0 Å². The molecular formula is C24H32N4O3. The Kier molecular flexibility index (Phi) is 7.02. The minimum absolute atomic E-state index is 0.0494. The number of ether oxygens (including phenoxy) is 1. The van der Waals surface area contributed by atoms with Gasteiger partial charge >= 0.3 is 0 Å². The largest absolute Gasteiger partial charge is 0.378 e. The van der Waals surface area contributed by atoms with Crippen LogP contribution in [-0.2, 0) is 16.1 Å². The maximum absolute atomic E-state index is 13.1. The van der Waals surface area contributed by atoms with Crippen molar-refractivity contribution in [1.82, 2.24) is 20.0 Å². The molecule has 0 bridgehead atoms. The van der Waals surface area contributed by atoms with Crippen LogP contribution in [0.25, 0.3) is 0 Å². The highest BCUT2D eigenvalue weighted by Gasteiger charge is 2.31. The second-order valence-corrected chi connectivity index (χ2v) is 8.72. The average molecular weight is 425 g/mol. The number of nitrogens with zero attached hydrogens (tertiary/aromatic N) is 3. The standard InChI is InChI=1S/C24H32N4O3/c1-27(16-18-8-3-2-4-9-18)24(30)21-15-25-26-23(21)19-10-7-12-28(17-19)22(29)14-20-11-5-6-13-31-20/h2-4,8-9,15,19-20H,5-7,10-14,16-17H2,1H3,(H,25,26). The Balaban J connectivity index is 1.40. The Labute approximate surface area is 183 Å². The highest BCUT2D eigenvalue weighted by Crippen LogP contribution is 2.29. The molecule has 7 heteroatoms. The molecule has 7 nitrogen and oxygen atoms in total. The smallest absolute Gasteiger partial charge is 0.257 e. The van der Waals surface area contributed by atoms with Gasteiger partial charge in [-0.2, -0.15) is 5.10 Å². The van der Waals surface area contributed by atoms with Crippen molar-refractivity contribution in [2.45, 2.75) is 57.1 Å². The predicted octanol–water partition coefficient (Wildman–Crippen LogP) is 3.35. The molecule has 3 heterocycles. The summed E-state index contributed by atoms with van der Waals surface area (Å²) in [5.74, 6) is 0.202. The van der Waals surface area contributed by atoms with Crippen LogP contribution in [0.4, 0.5) is 0 Å². The number of benzene rings is 1. The number of hydrogen-bond donors (Lipinski definition) is 1. The lowest BCUT2D eigenvalue weighted by Crippen LogP contribution is -2.41. The van der Waals surface area contributed by atoms with Crippen molar-refractivity contribution in [2.24, 2.45) is 0 Å². The third-order valence-electron chi connectivity index (χ3n) is 6.37. The van der Waals surface area contributed by atoms with E-state index in [-0.39, 0.29) is 23.8 Å². The van der Waals surface area contributed by atoms with Crippen LogP contribution in [0.5, 0.6) is 0 Å². The molecule has 4 rings (SSSR count). The number of hydrogen-bond acceptors (Lipinski definition) is 4. The molecule has 1 N–H and O–H groups in total. The molecular weight excluding hydrogens is 392 g/mol. The van der Waals surface area contributed by atoms with Gasteiger partial charge < -0.3 is 14.5 Å². The van der Waals surface area contributed by atoms with Gasteiger partial charge in [0, 0.05) is 39.2 Å². The maximum Gasteiger partial charge on any atom is 0.257 e. The fourth-order valence-electron chi connectivity index (χ4n) is 4.64. The summed E-state index contributed by atoms with van der Waals surface area (Å²) in [6.07, 6.45) is 7.19. The summed E-state index contributed by atoms with van der Waals surface area (Å²) in [7, 11) is 1.81. The SMILES string of the molecule is CN(Cc1ccccc1)C(=O)c1cn[nH]c1C1CCCN(C(=O)CC2CCCCO2)C1. The van der Waals surface area contributed by atoms with Crippen molar-refractivity contribution in [3.8, 4) is 0 Å². The van der Waals surface area contributed by atoms with E-state index in [1.54, 1.807) is 11.1 Å². The van der Waals surface area contributed by atoms with Crippen molar-refractivity contribution in [2.75, 3.05) is 26.7 Å². The Bertz CT molecular complexity index is 876. The Morgan fingerprint density at radius 2 is 2.03 bits per heavy atom. The molecule has 2 saturated heterocycles. The molecule has 0 saturated carbocycles. The highest BCUT2D eigenvalue weighted by atomic mass is 16.5. The highest BCUT2D eigenvalue weighted by molar-refractivity contribution is 5.95. The van der Waals surface area contributed by atoms with E-state index in [4.69, 9.17) is 4.74 Å². The second-order valence-electron chi connectivity index (χ2n) is 8.72. The molecule has 2 aliphatic rings. The monoisotopic (exact) mass is 424 g/mol. The fourth-order valence-corrected chi connectivity index (χ4v) is 4.64. The summed E-state index contributed by atoms with van der Waals surface area (Å²) in [4.78, 5) is 29.6. The van der Waals surface area contributed by atoms with Crippen LogP contribution in [0.3, 0.4) is 0 Å². The molecule has 2 atom stereocenters. The molecule has 2 unspecified atom stereocenters. The molecule has 2 aromatic rings. The van der Waals surface area contributed by atoms with Crippen molar-refractivity contribution in [3.05, 3.63) is 53.3 Å². The normalized spacial score (nSPS) is 21.6. The lowest BCUT2D eigenvalue weighted by Gasteiger charge is -2.34. The van der Waals surface area contributed by atoms with E-state index >= 15 is 0 Å².